The summed E-state index contributed by atoms with van der Waals surface area (Å²) in [5.74, 6) is 0.519. The van der Waals surface area contributed by atoms with Crippen LogP contribution in [0, 0.1) is 0 Å². The molecule has 1 heterocycles. The summed E-state index contributed by atoms with van der Waals surface area (Å²) in [7, 11) is 1.58. The highest BCUT2D eigenvalue weighted by atomic mass is 16.5. The van der Waals surface area contributed by atoms with Gasteiger partial charge in [-0.25, -0.2) is 9.97 Å². The summed E-state index contributed by atoms with van der Waals surface area (Å²) in [6, 6.07) is 15.8. The zero-order valence-corrected chi connectivity index (χ0v) is 11.2. The predicted molar refractivity (Wildman–Crippen MR) is 78.6 cm³/mol. The van der Waals surface area contributed by atoms with E-state index < -0.39 is 0 Å². The summed E-state index contributed by atoms with van der Waals surface area (Å²) < 4.78 is 5.12. The van der Waals surface area contributed by atoms with Gasteiger partial charge in [0.2, 0.25) is 5.88 Å². The maximum atomic E-state index is 6.36. The second-order valence-corrected chi connectivity index (χ2v) is 4.53. The molecular formula is C16H15N3O. The van der Waals surface area contributed by atoms with Crippen LogP contribution in [-0.2, 0) is 0 Å². The van der Waals surface area contributed by atoms with Crippen molar-refractivity contribution in [3.05, 3.63) is 66.1 Å². The van der Waals surface area contributed by atoms with Gasteiger partial charge in [-0.2, -0.15) is 0 Å². The fraction of sp³-hybridized carbons (Fsp3) is 0.125. The Bertz CT molecular complexity index is 737. The van der Waals surface area contributed by atoms with Crippen molar-refractivity contribution >= 4 is 10.8 Å². The molecule has 0 bridgehead atoms. The summed E-state index contributed by atoms with van der Waals surface area (Å²) >= 11 is 0. The molecule has 3 rings (SSSR count). The minimum atomic E-state index is -0.307. The lowest BCUT2D eigenvalue weighted by Crippen LogP contribution is -2.14. The van der Waals surface area contributed by atoms with Crippen LogP contribution in [0.2, 0.25) is 0 Å². The van der Waals surface area contributed by atoms with Gasteiger partial charge >= 0.3 is 0 Å². The van der Waals surface area contributed by atoms with Gasteiger partial charge in [-0.3, -0.25) is 0 Å². The van der Waals surface area contributed by atoms with Crippen LogP contribution >= 0.6 is 0 Å². The molecule has 3 aromatic rings. The molecule has 0 radical (unpaired) electrons. The van der Waals surface area contributed by atoms with Gasteiger partial charge in [-0.1, -0.05) is 42.5 Å². The zero-order chi connectivity index (χ0) is 13.9. The Morgan fingerprint density at radius 2 is 1.85 bits per heavy atom. The molecule has 0 fully saturated rings. The third-order valence-corrected chi connectivity index (χ3v) is 3.35. The van der Waals surface area contributed by atoms with E-state index in [9.17, 15) is 0 Å². The maximum Gasteiger partial charge on any atom is 0.216 e. The van der Waals surface area contributed by atoms with Crippen LogP contribution in [0.5, 0.6) is 5.88 Å². The number of nitrogens with zero attached hydrogens (tertiary/aromatic N) is 2. The second-order valence-electron chi connectivity index (χ2n) is 4.53. The topological polar surface area (TPSA) is 61.0 Å². The number of ether oxygens (including phenoxy) is 1. The molecule has 2 N–H and O–H groups in total. The van der Waals surface area contributed by atoms with Crippen molar-refractivity contribution in [3.8, 4) is 5.88 Å². The molecule has 100 valence electrons. The van der Waals surface area contributed by atoms with E-state index in [-0.39, 0.29) is 6.04 Å². The van der Waals surface area contributed by atoms with E-state index in [0.717, 1.165) is 16.6 Å². The Morgan fingerprint density at radius 3 is 2.70 bits per heavy atom. The number of nitrogens with two attached hydrogens (primary N) is 1. The van der Waals surface area contributed by atoms with Gasteiger partial charge in [-0.15, -0.1) is 0 Å². The van der Waals surface area contributed by atoms with Crippen LogP contribution in [0.3, 0.4) is 0 Å². The second kappa shape index (κ2) is 5.27. The van der Waals surface area contributed by atoms with Crippen LogP contribution in [0.1, 0.15) is 17.3 Å². The molecule has 0 aliphatic carbocycles. The molecule has 1 aromatic heterocycles. The number of aromatic nitrogens is 2. The Balaban J connectivity index is 2.10. The molecule has 20 heavy (non-hydrogen) atoms. The average Bonchev–Trinajstić information content (AvgIpc) is 2.53. The SMILES string of the molecule is COc1cc(C(N)c2cccc3ccccc23)ncn1. The molecule has 2 aromatic carbocycles. The lowest BCUT2D eigenvalue weighted by Gasteiger charge is -2.14. The average molecular weight is 265 g/mol. The molecule has 0 saturated heterocycles. The Morgan fingerprint density at radius 1 is 1.05 bits per heavy atom. The molecule has 0 aliphatic rings. The monoisotopic (exact) mass is 265 g/mol. The smallest absolute Gasteiger partial charge is 0.216 e. The third-order valence-electron chi connectivity index (χ3n) is 3.35. The molecule has 1 unspecified atom stereocenters. The molecule has 4 nitrogen and oxygen atoms in total. The van der Waals surface area contributed by atoms with Crippen LogP contribution in [0.15, 0.2) is 54.9 Å². The van der Waals surface area contributed by atoms with E-state index >= 15 is 0 Å². The quantitative estimate of drug-likeness (QED) is 0.791. The number of methoxy groups -OCH3 is 1. The summed E-state index contributed by atoms with van der Waals surface area (Å²) in [6.45, 7) is 0. The first kappa shape index (κ1) is 12.6. The van der Waals surface area contributed by atoms with Gasteiger partial charge < -0.3 is 10.5 Å². The summed E-state index contributed by atoms with van der Waals surface area (Å²) in [5, 5.41) is 2.31. The van der Waals surface area contributed by atoms with Gasteiger partial charge in [-0.05, 0) is 16.3 Å². The van der Waals surface area contributed by atoms with E-state index in [0.29, 0.717) is 5.88 Å². The van der Waals surface area contributed by atoms with Crippen molar-refractivity contribution in [2.75, 3.05) is 7.11 Å². The molecular weight excluding hydrogens is 250 g/mol. The zero-order valence-electron chi connectivity index (χ0n) is 11.2. The molecule has 0 amide bonds. The third kappa shape index (κ3) is 2.21. The van der Waals surface area contributed by atoms with Crippen LogP contribution < -0.4 is 10.5 Å². The Kier molecular flexibility index (Phi) is 3.31. The standard InChI is InChI=1S/C16H15N3O/c1-20-15-9-14(18-10-19-15)16(17)13-8-4-6-11-5-2-3-7-12(11)13/h2-10,16H,17H2,1H3. The number of benzene rings is 2. The van der Waals surface area contributed by atoms with Crippen molar-refractivity contribution in [2.45, 2.75) is 6.04 Å². The largest absolute Gasteiger partial charge is 0.481 e. The van der Waals surface area contributed by atoms with Crippen molar-refractivity contribution < 1.29 is 4.74 Å². The van der Waals surface area contributed by atoms with Crippen molar-refractivity contribution in [1.82, 2.24) is 9.97 Å². The summed E-state index contributed by atoms with van der Waals surface area (Å²) in [4.78, 5) is 8.26. The Hall–Kier alpha value is -2.46. The fourth-order valence-corrected chi connectivity index (χ4v) is 2.32. The molecule has 4 heteroatoms. The van der Waals surface area contributed by atoms with Crippen molar-refractivity contribution in [2.24, 2.45) is 5.73 Å². The highest BCUT2D eigenvalue weighted by molar-refractivity contribution is 5.86. The van der Waals surface area contributed by atoms with E-state index in [1.165, 1.54) is 11.7 Å². The molecule has 1 atom stereocenters. The van der Waals surface area contributed by atoms with E-state index in [1.807, 2.05) is 24.3 Å². The van der Waals surface area contributed by atoms with Gasteiger partial charge in [0.25, 0.3) is 0 Å². The first-order valence-electron chi connectivity index (χ1n) is 6.39. The van der Waals surface area contributed by atoms with Crippen molar-refractivity contribution in [1.29, 1.82) is 0 Å². The first-order valence-corrected chi connectivity index (χ1v) is 6.39. The Labute approximate surface area is 117 Å². The lowest BCUT2D eigenvalue weighted by molar-refractivity contribution is 0.395. The highest BCUT2D eigenvalue weighted by Crippen LogP contribution is 2.27. The van der Waals surface area contributed by atoms with Crippen molar-refractivity contribution in [3.63, 3.8) is 0 Å². The van der Waals surface area contributed by atoms with Gasteiger partial charge in [0.1, 0.15) is 6.33 Å². The maximum absolute atomic E-state index is 6.36. The summed E-state index contributed by atoms with van der Waals surface area (Å²) in [6.07, 6.45) is 1.47. The summed E-state index contributed by atoms with van der Waals surface area (Å²) in [5.41, 5.74) is 8.15. The first-order chi connectivity index (χ1) is 9.79. The van der Waals surface area contributed by atoms with E-state index in [4.69, 9.17) is 10.5 Å². The van der Waals surface area contributed by atoms with Gasteiger partial charge in [0.15, 0.2) is 0 Å². The van der Waals surface area contributed by atoms with Gasteiger partial charge in [0, 0.05) is 6.07 Å². The molecule has 0 saturated carbocycles. The van der Waals surface area contributed by atoms with E-state index in [1.54, 1.807) is 13.2 Å². The fourth-order valence-electron chi connectivity index (χ4n) is 2.32. The molecule has 0 spiro atoms. The minimum absolute atomic E-state index is 0.307. The number of rotatable bonds is 3. The predicted octanol–water partition coefficient (Wildman–Crippen LogP) is 2.69. The number of hydrogen-bond acceptors (Lipinski definition) is 4. The van der Waals surface area contributed by atoms with Crippen LogP contribution in [0.25, 0.3) is 10.8 Å². The molecule has 0 aliphatic heterocycles. The normalized spacial score (nSPS) is 12.3. The van der Waals surface area contributed by atoms with Crippen LogP contribution in [0.4, 0.5) is 0 Å². The minimum Gasteiger partial charge on any atom is -0.481 e. The van der Waals surface area contributed by atoms with Crippen LogP contribution in [-0.4, -0.2) is 17.1 Å². The van der Waals surface area contributed by atoms with E-state index in [2.05, 4.69) is 28.2 Å². The highest BCUT2D eigenvalue weighted by Gasteiger charge is 2.14. The number of hydrogen-bond donors (Lipinski definition) is 1. The van der Waals surface area contributed by atoms with Gasteiger partial charge in [0.05, 0.1) is 18.8 Å². The number of fused-ring (bicyclic) bond motifs is 1. The lowest BCUT2D eigenvalue weighted by atomic mass is 9.97.